The molecule has 0 saturated carbocycles. The first-order valence-corrected chi connectivity index (χ1v) is 4.66. The van der Waals surface area contributed by atoms with Gasteiger partial charge in [-0.05, 0) is 5.75 Å². The Morgan fingerprint density at radius 3 is 2.73 bits per heavy atom. The van der Waals surface area contributed by atoms with Crippen LogP contribution in [0, 0.1) is 0 Å². The van der Waals surface area contributed by atoms with Crippen molar-refractivity contribution < 1.29 is 9.59 Å². The van der Waals surface area contributed by atoms with Gasteiger partial charge in [0.1, 0.15) is 6.29 Å². The second-order valence-corrected chi connectivity index (χ2v) is 3.42. The van der Waals surface area contributed by atoms with Crippen molar-refractivity contribution in [2.45, 2.75) is 19.9 Å². The minimum atomic E-state index is -0.322. The summed E-state index contributed by atoms with van der Waals surface area (Å²) in [5, 5.41) is 2.54. The average molecular weight is 175 g/mol. The van der Waals surface area contributed by atoms with Gasteiger partial charge < -0.3 is 10.1 Å². The molecule has 0 bridgehead atoms. The van der Waals surface area contributed by atoms with E-state index in [0.717, 1.165) is 12.0 Å². The highest BCUT2D eigenvalue weighted by Gasteiger charge is 2.06. The zero-order valence-corrected chi connectivity index (χ0v) is 7.61. The first-order chi connectivity index (χ1) is 5.20. The second kappa shape index (κ2) is 6.22. The van der Waals surface area contributed by atoms with Crippen molar-refractivity contribution in [3.05, 3.63) is 0 Å². The summed E-state index contributed by atoms with van der Waals surface area (Å²) in [5.74, 6) is 1.47. The van der Waals surface area contributed by atoms with Crippen LogP contribution in [0.15, 0.2) is 0 Å². The molecule has 0 heterocycles. The lowest BCUT2D eigenvalue weighted by molar-refractivity contribution is -0.121. The first-order valence-electron chi connectivity index (χ1n) is 3.50. The highest BCUT2D eigenvalue weighted by molar-refractivity contribution is 7.99. The van der Waals surface area contributed by atoms with E-state index in [4.69, 9.17) is 0 Å². The fourth-order valence-corrected chi connectivity index (χ4v) is 1.27. The van der Waals surface area contributed by atoms with Gasteiger partial charge in [-0.2, -0.15) is 11.8 Å². The van der Waals surface area contributed by atoms with E-state index >= 15 is 0 Å². The molecule has 11 heavy (non-hydrogen) atoms. The predicted molar refractivity (Wildman–Crippen MR) is 46.7 cm³/mol. The number of amides is 1. The van der Waals surface area contributed by atoms with Crippen LogP contribution in [0.5, 0.6) is 0 Å². The molecule has 0 aliphatic rings. The van der Waals surface area contributed by atoms with E-state index in [9.17, 15) is 9.59 Å². The number of thioether (sulfide) groups is 1. The zero-order chi connectivity index (χ0) is 8.69. The molecule has 0 aliphatic carbocycles. The Morgan fingerprint density at radius 2 is 2.36 bits per heavy atom. The first kappa shape index (κ1) is 10.5. The molecule has 1 amide bonds. The van der Waals surface area contributed by atoms with Gasteiger partial charge in [0.2, 0.25) is 5.91 Å². The molecule has 0 aliphatic heterocycles. The molecule has 0 aromatic rings. The van der Waals surface area contributed by atoms with Crippen LogP contribution in [0.1, 0.15) is 13.8 Å². The van der Waals surface area contributed by atoms with E-state index in [0.29, 0.717) is 5.75 Å². The number of hydrogen-bond acceptors (Lipinski definition) is 3. The SMILES string of the molecule is CCSCC(C=O)NC(C)=O. The molecular weight excluding hydrogens is 162 g/mol. The van der Waals surface area contributed by atoms with Crippen LogP contribution in [0.25, 0.3) is 0 Å². The Kier molecular flexibility index (Phi) is 5.93. The predicted octanol–water partition coefficient (Wildman–Crippen LogP) is 0.443. The monoisotopic (exact) mass is 175 g/mol. The van der Waals surface area contributed by atoms with E-state index < -0.39 is 0 Å². The third-order valence-electron chi connectivity index (χ3n) is 1.05. The van der Waals surface area contributed by atoms with Gasteiger partial charge in [-0.1, -0.05) is 6.92 Å². The van der Waals surface area contributed by atoms with Crippen LogP contribution in [0.3, 0.4) is 0 Å². The Balaban J connectivity index is 3.57. The van der Waals surface area contributed by atoms with E-state index in [1.54, 1.807) is 11.8 Å². The summed E-state index contributed by atoms with van der Waals surface area (Å²) < 4.78 is 0. The molecule has 1 N–H and O–H groups in total. The molecule has 64 valence electrons. The normalized spacial score (nSPS) is 12.2. The van der Waals surface area contributed by atoms with Crippen molar-refractivity contribution in [1.82, 2.24) is 5.32 Å². The Morgan fingerprint density at radius 1 is 1.73 bits per heavy atom. The van der Waals surface area contributed by atoms with Gasteiger partial charge >= 0.3 is 0 Å². The molecule has 0 aromatic carbocycles. The largest absolute Gasteiger partial charge is 0.346 e. The van der Waals surface area contributed by atoms with Gasteiger partial charge in [0.15, 0.2) is 0 Å². The minimum Gasteiger partial charge on any atom is -0.346 e. The van der Waals surface area contributed by atoms with Crippen molar-refractivity contribution in [3.63, 3.8) is 0 Å². The van der Waals surface area contributed by atoms with Crippen molar-refractivity contribution in [1.29, 1.82) is 0 Å². The summed E-state index contributed by atoms with van der Waals surface area (Å²) in [6, 6.07) is -0.322. The number of rotatable bonds is 5. The van der Waals surface area contributed by atoms with Gasteiger partial charge in [0.05, 0.1) is 6.04 Å². The van der Waals surface area contributed by atoms with Crippen molar-refractivity contribution in [2.75, 3.05) is 11.5 Å². The quantitative estimate of drug-likeness (QED) is 0.617. The highest BCUT2D eigenvalue weighted by Crippen LogP contribution is 1.99. The maximum Gasteiger partial charge on any atom is 0.217 e. The molecule has 1 atom stereocenters. The maximum absolute atomic E-state index is 10.5. The molecule has 3 nitrogen and oxygen atoms in total. The minimum absolute atomic E-state index is 0.154. The number of nitrogens with one attached hydrogen (secondary N) is 1. The summed E-state index contributed by atoms with van der Waals surface area (Å²) in [4.78, 5) is 20.8. The smallest absolute Gasteiger partial charge is 0.217 e. The number of hydrogen-bond donors (Lipinski definition) is 1. The summed E-state index contributed by atoms with van der Waals surface area (Å²) in [5.41, 5.74) is 0. The Hall–Kier alpha value is -0.510. The average Bonchev–Trinajstić information content (AvgIpc) is 1.97. The zero-order valence-electron chi connectivity index (χ0n) is 6.79. The topological polar surface area (TPSA) is 46.2 Å². The van der Waals surface area contributed by atoms with E-state index in [1.165, 1.54) is 6.92 Å². The summed E-state index contributed by atoms with van der Waals surface area (Å²) in [7, 11) is 0. The molecule has 0 radical (unpaired) electrons. The van der Waals surface area contributed by atoms with E-state index in [-0.39, 0.29) is 11.9 Å². The van der Waals surface area contributed by atoms with E-state index in [2.05, 4.69) is 5.32 Å². The van der Waals surface area contributed by atoms with Gasteiger partial charge in [-0.3, -0.25) is 4.79 Å². The summed E-state index contributed by atoms with van der Waals surface area (Å²) in [6.07, 6.45) is 0.768. The van der Waals surface area contributed by atoms with Crippen molar-refractivity contribution >= 4 is 24.0 Å². The lowest BCUT2D eigenvalue weighted by atomic mass is 10.4. The molecule has 0 fully saturated rings. The second-order valence-electron chi connectivity index (χ2n) is 2.10. The fourth-order valence-electron chi connectivity index (χ4n) is 0.621. The molecular formula is C7H13NO2S. The molecule has 0 aromatic heterocycles. The van der Waals surface area contributed by atoms with Gasteiger partial charge in [0.25, 0.3) is 0 Å². The molecule has 4 heteroatoms. The summed E-state index contributed by atoms with van der Waals surface area (Å²) >= 11 is 1.64. The van der Waals surface area contributed by atoms with Crippen LogP contribution in [-0.2, 0) is 9.59 Å². The number of aldehydes is 1. The molecule has 0 rings (SSSR count). The van der Waals surface area contributed by atoms with Crippen LogP contribution in [0.2, 0.25) is 0 Å². The third-order valence-corrected chi connectivity index (χ3v) is 2.06. The molecule has 1 unspecified atom stereocenters. The van der Waals surface area contributed by atoms with Crippen LogP contribution in [0.4, 0.5) is 0 Å². The lowest BCUT2D eigenvalue weighted by Crippen LogP contribution is -2.36. The van der Waals surface area contributed by atoms with Crippen LogP contribution >= 0.6 is 11.8 Å². The van der Waals surface area contributed by atoms with Crippen molar-refractivity contribution in [3.8, 4) is 0 Å². The molecule has 0 spiro atoms. The van der Waals surface area contributed by atoms with Crippen molar-refractivity contribution in [2.24, 2.45) is 0 Å². The highest BCUT2D eigenvalue weighted by atomic mass is 32.2. The van der Waals surface area contributed by atoms with Gasteiger partial charge in [-0.15, -0.1) is 0 Å². The van der Waals surface area contributed by atoms with E-state index in [1.807, 2.05) is 6.92 Å². The van der Waals surface area contributed by atoms with Gasteiger partial charge in [-0.25, -0.2) is 0 Å². The fraction of sp³-hybridized carbons (Fsp3) is 0.714. The molecule has 0 saturated heterocycles. The number of carbonyl (C=O) groups excluding carboxylic acids is 2. The Labute approximate surface area is 70.9 Å². The Bertz CT molecular complexity index is 138. The lowest BCUT2D eigenvalue weighted by Gasteiger charge is -2.08. The number of carbonyl (C=O) groups is 2. The standard InChI is InChI=1S/C7H13NO2S/c1-3-11-5-7(4-9)8-6(2)10/h4,7H,3,5H2,1-2H3,(H,8,10). The third kappa shape index (κ3) is 5.91. The maximum atomic E-state index is 10.5. The van der Waals surface area contributed by atoms with Gasteiger partial charge in [0, 0.05) is 12.7 Å². The summed E-state index contributed by atoms with van der Waals surface area (Å²) in [6.45, 7) is 3.42. The van der Waals surface area contributed by atoms with Crippen LogP contribution in [-0.4, -0.2) is 29.7 Å². The van der Waals surface area contributed by atoms with Crippen LogP contribution < -0.4 is 5.32 Å².